The van der Waals surface area contributed by atoms with Gasteiger partial charge in [0.05, 0.1) is 12.0 Å². The maximum atomic E-state index is 12.8. The molecule has 0 saturated heterocycles. The lowest BCUT2D eigenvalue weighted by Gasteiger charge is -2.08. The van der Waals surface area contributed by atoms with Crippen molar-refractivity contribution in [3.63, 3.8) is 0 Å². The van der Waals surface area contributed by atoms with Crippen molar-refractivity contribution in [3.05, 3.63) is 100 Å². The molecular formula is C25H20O4. The third kappa shape index (κ3) is 4.11. The highest BCUT2D eigenvalue weighted by molar-refractivity contribution is 6.15. The van der Waals surface area contributed by atoms with Crippen molar-refractivity contribution >= 4 is 17.8 Å². The molecule has 0 amide bonds. The van der Waals surface area contributed by atoms with Gasteiger partial charge in [0.1, 0.15) is 11.5 Å². The largest absolute Gasteiger partial charge is 0.452 e. The molecule has 1 heterocycles. The van der Waals surface area contributed by atoms with Gasteiger partial charge in [-0.05, 0) is 42.7 Å². The second-order valence-corrected chi connectivity index (χ2v) is 7.10. The second kappa shape index (κ2) is 7.76. The smallest absolute Gasteiger partial charge is 0.315 e. The van der Waals surface area contributed by atoms with Gasteiger partial charge in [-0.25, -0.2) is 0 Å². The lowest BCUT2D eigenvalue weighted by atomic mass is 10.0. The summed E-state index contributed by atoms with van der Waals surface area (Å²) in [5, 5.41) is 0. The Morgan fingerprint density at radius 1 is 1.00 bits per heavy atom. The van der Waals surface area contributed by atoms with Crippen LogP contribution in [-0.2, 0) is 11.2 Å². The van der Waals surface area contributed by atoms with Crippen LogP contribution in [-0.4, -0.2) is 11.8 Å². The van der Waals surface area contributed by atoms with Crippen molar-refractivity contribution < 1.29 is 19.1 Å². The molecule has 4 heteroatoms. The molecular weight excluding hydrogens is 364 g/mol. The van der Waals surface area contributed by atoms with Crippen molar-refractivity contribution in [2.24, 2.45) is 0 Å². The van der Waals surface area contributed by atoms with Crippen LogP contribution in [0.5, 0.6) is 11.5 Å². The van der Waals surface area contributed by atoms with E-state index in [0.717, 1.165) is 16.7 Å². The lowest BCUT2D eigenvalue weighted by Crippen LogP contribution is -2.11. The van der Waals surface area contributed by atoms with Gasteiger partial charge in [-0.15, -0.1) is 0 Å². The molecule has 0 fully saturated rings. The minimum absolute atomic E-state index is 0.166. The van der Waals surface area contributed by atoms with Crippen LogP contribution in [0.4, 0.5) is 0 Å². The number of rotatable bonds is 4. The number of fused-ring (bicyclic) bond motifs is 1. The summed E-state index contributed by atoms with van der Waals surface area (Å²) in [6.07, 6.45) is 1.90. The van der Waals surface area contributed by atoms with E-state index in [-0.39, 0.29) is 23.9 Å². The summed E-state index contributed by atoms with van der Waals surface area (Å²) in [5.74, 6) is 0.512. The number of esters is 1. The Balaban J connectivity index is 1.54. The Kier molecular flexibility index (Phi) is 5.00. The van der Waals surface area contributed by atoms with Crippen LogP contribution in [0.3, 0.4) is 0 Å². The van der Waals surface area contributed by atoms with E-state index in [1.54, 1.807) is 18.2 Å². The average molecular weight is 384 g/mol. The molecule has 3 aromatic carbocycles. The standard InChI is InChI=1S/C25H20O4/c1-16-8-10-19(11-9-16)13-22-25(27)24-17(2)12-20(15-21(24)29-22)28-23(26)14-18-6-4-3-5-7-18/h3-13,15H,14H2,1-2H3/b22-13-. The number of Topliss-reactive ketones (excluding diaryl/α,β-unsaturated/α-hetero) is 1. The number of carbonyl (C=O) groups excluding carboxylic acids is 2. The number of ketones is 1. The Morgan fingerprint density at radius 2 is 1.72 bits per heavy atom. The zero-order valence-electron chi connectivity index (χ0n) is 16.3. The predicted molar refractivity (Wildman–Crippen MR) is 111 cm³/mol. The van der Waals surface area contributed by atoms with E-state index in [1.165, 1.54) is 0 Å². The van der Waals surface area contributed by atoms with Crippen LogP contribution in [0, 0.1) is 13.8 Å². The average Bonchev–Trinajstić information content (AvgIpc) is 3.00. The molecule has 1 aliphatic rings. The molecule has 0 radical (unpaired) electrons. The molecule has 0 saturated carbocycles. The number of carbonyl (C=O) groups is 2. The molecule has 4 rings (SSSR count). The molecule has 0 spiro atoms. The summed E-state index contributed by atoms with van der Waals surface area (Å²) in [7, 11) is 0. The summed E-state index contributed by atoms with van der Waals surface area (Å²) in [6.45, 7) is 3.82. The van der Waals surface area contributed by atoms with Gasteiger partial charge in [0.25, 0.3) is 0 Å². The second-order valence-electron chi connectivity index (χ2n) is 7.10. The summed E-state index contributed by atoms with van der Waals surface area (Å²) >= 11 is 0. The van der Waals surface area contributed by atoms with Gasteiger partial charge in [0, 0.05) is 6.07 Å². The highest BCUT2D eigenvalue weighted by atomic mass is 16.5. The first-order chi connectivity index (χ1) is 14.0. The van der Waals surface area contributed by atoms with Crippen molar-refractivity contribution in [1.29, 1.82) is 0 Å². The van der Waals surface area contributed by atoms with Crippen molar-refractivity contribution in [2.75, 3.05) is 0 Å². The van der Waals surface area contributed by atoms with Crippen molar-refractivity contribution in [2.45, 2.75) is 20.3 Å². The maximum absolute atomic E-state index is 12.8. The summed E-state index contributed by atoms with van der Waals surface area (Å²) in [5.41, 5.74) is 4.13. The van der Waals surface area contributed by atoms with Crippen molar-refractivity contribution in [3.8, 4) is 11.5 Å². The third-order valence-corrected chi connectivity index (χ3v) is 4.74. The Bertz CT molecular complexity index is 1110. The Labute approximate surface area is 169 Å². The van der Waals surface area contributed by atoms with Gasteiger partial charge in [-0.3, -0.25) is 9.59 Å². The number of allylic oxidation sites excluding steroid dienone is 1. The van der Waals surface area contributed by atoms with Crippen LogP contribution < -0.4 is 9.47 Å². The highest BCUT2D eigenvalue weighted by Crippen LogP contribution is 2.37. The fourth-order valence-corrected chi connectivity index (χ4v) is 3.28. The molecule has 144 valence electrons. The highest BCUT2D eigenvalue weighted by Gasteiger charge is 2.30. The first-order valence-corrected chi connectivity index (χ1v) is 9.40. The minimum Gasteiger partial charge on any atom is -0.452 e. The molecule has 4 nitrogen and oxygen atoms in total. The van der Waals surface area contributed by atoms with Crippen LogP contribution in [0.15, 0.2) is 72.5 Å². The van der Waals surface area contributed by atoms with Crippen molar-refractivity contribution in [1.82, 2.24) is 0 Å². The molecule has 0 N–H and O–H groups in total. The molecule has 0 unspecified atom stereocenters. The zero-order valence-corrected chi connectivity index (χ0v) is 16.3. The summed E-state index contributed by atoms with van der Waals surface area (Å²) < 4.78 is 11.3. The van der Waals surface area contributed by atoms with Crippen LogP contribution in [0.2, 0.25) is 0 Å². The maximum Gasteiger partial charge on any atom is 0.315 e. The number of benzene rings is 3. The van der Waals surface area contributed by atoms with E-state index >= 15 is 0 Å². The number of hydrogen-bond donors (Lipinski definition) is 0. The van der Waals surface area contributed by atoms with Crippen LogP contribution in [0.1, 0.15) is 32.6 Å². The molecule has 3 aromatic rings. The van der Waals surface area contributed by atoms with Crippen LogP contribution in [0.25, 0.3) is 6.08 Å². The van der Waals surface area contributed by atoms with Gasteiger partial charge < -0.3 is 9.47 Å². The number of aryl methyl sites for hydroxylation is 2. The Morgan fingerprint density at radius 3 is 2.45 bits per heavy atom. The van der Waals surface area contributed by atoms with Gasteiger partial charge in [-0.2, -0.15) is 0 Å². The number of hydrogen-bond acceptors (Lipinski definition) is 4. The summed E-state index contributed by atoms with van der Waals surface area (Å²) in [6, 6.07) is 20.5. The monoisotopic (exact) mass is 384 g/mol. The topological polar surface area (TPSA) is 52.6 Å². The molecule has 0 atom stereocenters. The molecule has 0 aromatic heterocycles. The molecule has 29 heavy (non-hydrogen) atoms. The number of ether oxygens (including phenoxy) is 2. The van der Waals surface area contributed by atoms with E-state index in [2.05, 4.69) is 0 Å². The fourth-order valence-electron chi connectivity index (χ4n) is 3.28. The lowest BCUT2D eigenvalue weighted by molar-refractivity contribution is -0.133. The van der Waals surface area contributed by atoms with Crippen LogP contribution >= 0.6 is 0 Å². The molecule has 0 bridgehead atoms. The first-order valence-electron chi connectivity index (χ1n) is 9.40. The summed E-state index contributed by atoms with van der Waals surface area (Å²) in [4.78, 5) is 25.0. The van der Waals surface area contributed by atoms with Gasteiger partial charge in [-0.1, -0.05) is 60.2 Å². The Hall–Kier alpha value is -3.66. The fraction of sp³-hybridized carbons (Fsp3) is 0.120. The van der Waals surface area contributed by atoms with E-state index < -0.39 is 0 Å². The van der Waals surface area contributed by atoms with Gasteiger partial charge in [0.15, 0.2) is 5.76 Å². The van der Waals surface area contributed by atoms with Gasteiger partial charge in [0.2, 0.25) is 5.78 Å². The third-order valence-electron chi connectivity index (χ3n) is 4.74. The van der Waals surface area contributed by atoms with E-state index in [1.807, 2.05) is 68.4 Å². The van der Waals surface area contributed by atoms with E-state index in [9.17, 15) is 9.59 Å². The predicted octanol–water partition coefficient (Wildman–Crippen LogP) is 5.07. The first kappa shape index (κ1) is 18.7. The van der Waals surface area contributed by atoms with Gasteiger partial charge >= 0.3 is 5.97 Å². The minimum atomic E-state index is -0.365. The van der Waals surface area contributed by atoms with E-state index in [0.29, 0.717) is 22.6 Å². The molecule has 0 aliphatic carbocycles. The SMILES string of the molecule is Cc1ccc(/C=C2\Oc3cc(OC(=O)Cc4ccccc4)cc(C)c3C2=O)cc1. The quantitative estimate of drug-likeness (QED) is 0.358. The normalized spacial score (nSPS) is 13.9. The van der Waals surface area contributed by atoms with E-state index in [4.69, 9.17) is 9.47 Å². The zero-order chi connectivity index (χ0) is 20.4. The molecule has 1 aliphatic heterocycles.